The maximum absolute atomic E-state index is 11.5. The zero-order chi connectivity index (χ0) is 10.6. The highest BCUT2D eigenvalue weighted by Gasteiger charge is 2.12. The van der Waals surface area contributed by atoms with E-state index in [9.17, 15) is 4.79 Å². The van der Waals surface area contributed by atoms with Crippen LogP contribution in [0.15, 0.2) is 12.4 Å². The number of carbonyl (C=O) groups is 1. The Labute approximate surface area is 85.9 Å². The molecule has 0 aromatic carbocycles. The van der Waals surface area contributed by atoms with Crippen LogP contribution in [0.2, 0.25) is 5.15 Å². The number of halogens is 1. The molecule has 0 aliphatic rings. The van der Waals surface area contributed by atoms with Crippen molar-refractivity contribution in [3.05, 3.63) is 23.2 Å². The van der Waals surface area contributed by atoms with Gasteiger partial charge in [0.05, 0.1) is 18.5 Å². The van der Waals surface area contributed by atoms with Crippen molar-refractivity contribution in [3.8, 4) is 6.07 Å². The van der Waals surface area contributed by atoms with Crippen LogP contribution >= 0.6 is 11.6 Å². The van der Waals surface area contributed by atoms with Gasteiger partial charge in [0.2, 0.25) is 0 Å². The van der Waals surface area contributed by atoms with Crippen LogP contribution in [0.25, 0.3) is 0 Å². The third kappa shape index (κ3) is 2.41. The number of hydrogen-bond donors (Lipinski definition) is 0. The van der Waals surface area contributed by atoms with Crippen LogP contribution in [0.3, 0.4) is 0 Å². The van der Waals surface area contributed by atoms with E-state index in [2.05, 4.69) is 9.97 Å². The number of amides is 1. The van der Waals surface area contributed by atoms with Crippen molar-refractivity contribution in [2.24, 2.45) is 0 Å². The molecular weight excluding hydrogens is 204 g/mol. The molecule has 0 fully saturated rings. The Morgan fingerprint density at radius 1 is 1.64 bits per heavy atom. The van der Waals surface area contributed by atoms with E-state index in [-0.39, 0.29) is 23.3 Å². The first-order chi connectivity index (χ1) is 6.65. The Kier molecular flexibility index (Phi) is 3.37. The summed E-state index contributed by atoms with van der Waals surface area (Å²) in [4.78, 5) is 20.2. The Morgan fingerprint density at radius 3 is 2.86 bits per heavy atom. The van der Waals surface area contributed by atoms with Crippen LogP contribution in [0.4, 0.5) is 0 Å². The van der Waals surface area contributed by atoms with E-state index in [1.807, 2.05) is 6.07 Å². The molecule has 5 nitrogen and oxygen atoms in total. The Hall–Kier alpha value is -1.67. The van der Waals surface area contributed by atoms with Crippen LogP contribution in [-0.4, -0.2) is 34.4 Å². The summed E-state index contributed by atoms with van der Waals surface area (Å²) >= 11 is 5.51. The maximum Gasteiger partial charge on any atom is 0.274 e. The van der Waals surface area contributed by atoms with E-state index in [1.54, 1.807) is 0 Å². The SMILES string of the molecule is CN(CC#N)C(=O)c1cnc(Cl)cn1. The lowest BCUT2D eigenvalue weighted by Crippen LogP contribution is -2.27. The monoisotopic (exact) mass is 210 g/mol. The Bertz CT molecular complexity index is 370. The highest BCUT2D eigenvalue weighted by atomic mass is 35.5. The Morgan fingerprint density at radius 2 is 2.36 bits per heavy atom. The molecule has 0 saturated heterocycles. The molecule has 0 saturated carbocycles. The van der Waals surface area contributed by atoms with E-state index in [1.165, 1.54) is 24.3 Å². The molecule has 1 aromatic heterocycles. The molecule has 0 aliphatic heterocycles. The van der Waals surface area contributed by atoms with E-state index < -0.39 is 0 Å². The lowest BCUT2D eigenvalue weighted by molar-refractivity contribution is 0.0806. The normalized spacial score (nSPS) is 9.21. The molecule has 72 valence electrons. The van der Waals surface area contributed by atoms with Crippen LogP contribution in [0, 0.1) is 11.3 Å². The summed E-state index contributed by atoms with van der Waals surface area (Å²) in [7, 11) is 1.52. The van der Waals surface area contributed by atoms with Crippen molar-refractivity contribution in [1.29, 1.82) is 5.26 Å². The summed E-state index contributed by atoms with van der Waals surface area (Å²) < 4.78 is 0. The molecule has 1 heterocycles. The highest BCUT2D eigenvalue weighted by Crippen LogP contribution is 2.03. The molecule has 0 bridgehead atoms. The summed E-state index contributed by atoms with van der Waals surface area (Å²) in [5.41, 5.74) is 0.173. The first-order valence-corrected chi connectivity index (χ1v) is 4.13. The highest BCUT2D eigenvalue weighted by molar-refractivity contribution is 6.29. The number of carbonyl (C=O) groups excluding carboxylic acids is 1. The van der Waals surface area contributed by atoms with E-state index >= 15 is 0 Å². The molecule has 1 aromatic rings. The quantitative estimate of drug-likeness (QED) is 0.675. The van der Waals surface area contributed by atoms with Gasteiger partial charge in [-0.25, -0.2) is 9.97 Å². The molecule has 6 heteroatoms. The number of rotatable bonds is 2. The first-order valence-electron chi connectivity index (χ1n) is 3.75. The fraction of sp³-hybridized carbons (Fsp3) is 0.250. The second-order valence-corrected chi connectivity index (χ2v) is 2.93. The summed E-state index contributed by atoms with van der Waals surface area (Å²) in [5.74, 6) is -0.351. The third-order valence-electron chi connectivity index (χ3n) is 1.49. The summed E-state index contributed by atoms with van der Waals surface area (Å²) in [6.07, 6.45) is 2.56. The van der Waals surface area contributed by atoms with Crippen molar-refractivity contribution >= 4 is 17.5 Å². The van der Waals surface area contributed by atoms with Gasteiger partial charge >= 0.3 is 0 Å². The average Bonchev–Trinajstić information content (AvgIpc) is 2.18. The van der Waals surface area contributed by atoms with Crippen molar-refractivity contribution in [2.45, 2.75) is 0 Å². The van der Waals surface area contributed by atoms with Gasteiger partial charge in [-0.1, -0.05) is 11.6 Å². The molecular formula is C8H7ClN4O. The van der Waals surface area contributed by atoms with Gasteiger partial charge in [-0.15, -0.1) is 0 Å². The molecule has 0 spiro atoms. The van der Waals surface area contributed by atoms with Crippen LogP contribution in [0.1, 0.15) is 10.5 Å². The van der Waals surface area contributed by atoms with Gasteiger partial charge in [-0.2, -0.15) is 5.26 Å². The molecule has 0 atom stereocenters. The van der Waals surface area contributed by atoms with Gasteiger partial charge < -0.3 is 4.90 Å². The number of aromatic nitrogens is 2. The molecule has 14 heavy (non-hydrogen) atoms. The third-order valence-corrected chi connectivity index (χ3v) is 1.69. The summed E-state index contributed by atoms with van der Waals surface area (Å²) in [5, 5.41) is 8.60. The minimum atomic E-state index is -0.351. The lowest BCUT2D eigenvalue weighted by atomic mass is 10.4. The van der Waals surface area contributed by atoms with E-state index in [4.69, 9.17) is 16.9 Å². The van der Waals surface area contributed by atoms with Crippen LogP contribution < -0.4 is 0 Å². The summed E-state index contributed by atoms with van der Waals surface area (Å²) in [6, 6.07) is 1.86. The number of nitrogens with zero attached hydrogens (tertiary/aromatic N) is 4. The molecule has 0 N–H and O–H groups in total. The molecule has 0 unspecified atom stereocenters. The van der Waals surface area contributed by atoms with Gasteiger partial charge in [0.15, 0.2) is 0 Å². The lowest BCUT2D eigenvalue weighted by Gasteiger charge is -2.11. The second-order valence-electron chi connectivity index (χ2n) is 2.54. The first kappa shape index (κ1) is 10.4. The van der Waals surface area contributed by atoms with E-state index in [0.717, 1.165) is 0 Å². The van der Waals surface area contributed by atoms with Crippen molar-refractivity contribution in [3.63, 3.8) is 0 Å². The van der Waals surface area contributed by atoms with Crippen LogP contribution in [0.5, 0.6) is 0 Å². The van der Waals surface area contributed by atoms with Crippen molar-refractivity contribution in [1.82, 2.24) is 14.9 Å². The maximum atomic E-state index is 11.5. The topological polar surface area (TPSA) is 69.9 Å². The smallest absolute Gasteiger partial charge is 0.274 e. The van der Waals surface area contributed by atoms with Gasteiger partial charge in [-0.05, 0) is 0 Å². The van der Waals surface area contributed by atoms with Gasteiger partial charge in [-0.3, -0.25) is 4.79 Å². The zero-order valence-corrected chi connectivity index (χ0v) is 8.19. The minimum Gasteiger partial charge on any atom is -0.327 e. The predicted octanol–water partition coefficient (Wildman–Crippen LogP) is 0.726. The number of nitriles is 1. The van der Waals surface area contributed by atoms with Gasteiger partial charge in [0, 0.05) is 7.05 Å². The predicted molar refractivity (Wildman–Crippen MR) is 49.6 cm³/mol. The van der Waals surface area contributed by atoms with Crippen molar-refractivity contribution in [2.75, 3.05) is 13.6 Å². The largest absolute Gasteiger partial charge is 0.327 e. The molecule has 0 aliphatic carbocycles. The molecule has 1 rings (SSSR count). The van der Waals surface area contributed by atoms with Crippen LogP contribution in [-0.2, 0) is 0 Å². The van der Waals surface area contributed by atoms with Crippen molar-refractivity contribution < 1.29 is 4.79 Å². The molecule has 0 radical (unpaired) electrons. The van der Waals surface area contributed by atoms with Gasteiger partial charge in [0.25, 0.3) is 5.91 Å². The zero-order valence-electron chi connectivity index (χ0n) is 7.44. The minimum absolute atomic E-state index is 0.0170. The fourth-order valence-electron chi connectivity index (χ4n) is 0.796. The number of hydrogen-bond acceptors (Lipinski definition) is 4. The Balaban J connectivity index is 2.80. The summed E-state index contributed by atoms with van der Waals surface area (Å²) in [6.45, 7) is 0.0170. The van der Waals surface area contributed by atoms with Gasteiger partial charge in [0.1, 0.15) is 17.4 Å². The average molecular weight is 211 g/mol. The van der Waals surface area contributed by atoms with E-state index in [0.29, 0.717) is 0 Å². The fourth-order valence-corrected chi connectivity index (χ4v) is 0.894. The second kappa shape index (κ2) is 4.53. The molecule has 1 amide bonds. The standard InChI is InChI=1S/C8H7ClN4O/c1-13(3-2-10)8(14)6-4-12-7(9)5-11-6/h4-5H,3H2,1H3.